The average Bonchev–Trinajstić information content (AvgIpc) is 3.45. The molecule has 0 radical (unpaired) electrons. The minimum atomic E-state index is -0.765. The molecule has 1 atom stereocenters. The Bertz CT molecular complexity index is 1520. The van der Waals surface area contributed by atoms with Crippen LogP contribution in [0.25, 0.3) is 16.7 Å². The second kappa shape index (κ2) is 10.6. The van der Waals surface area contributed by atoms with Crippen molar-refractivity contribution >= 4 is 40.0 Å². The number of hydrogen-bond donors (Lipinski definition) is 2. The number of benzene rings is 3. The van der Waals surface area contributed by atoms with Crippen LogP contribution in [0.15, 0.2) is 78.5 Å². The predicted octanol–water partition coefficient (Wildman–Crippen LogP) is 5.89. The number of halogens is 1. The van der Waals surface area contributed by atoms with E-state index in [2.05, 4.69) is 4.98 Å². The van der Waals surface area contributed by atoms with Gasteiger partial charge in [-0.3, -0.25) is 9.59 Å². The van der Waals surface area contributed by atoms with Gasteiger partial charge in [-0.1, -0.05) is 23.7 Å². The summed E-state index contributed by atoms with van der Waals surface area (Å²) >= 11 is 6.12. The molecule has 5 rings (SSSR count). The van der Waals surface area contributed by atoms with E-state index >= 15 is 0 Å². The number of Topliss-reactive ketones (excluding diaryl/α,β-unsaturated/α-hetero) is 1. The zero-order valence-electron chi connectivity index (χ0n) is 21.0. The van der Waals surface area contributed by atoms with E-state index in [-0.39, 0.29) is 17.9 Å². The van der Waals surface area contributed by atoms with Crippen LogP contribution >= 0.6 is 11.6 Å². The summed E-state index contributed by atoms with van der Waals surface area (Å²) in [6.45, 7) is 2.66. The van der Waals surface area contributed by atoms with Gasteiger partial charge in [-0.05, 0) is 79.1 Å². The Labute approximate surface area is 225 Å². The second-order valence-electron chi connectivity index (χ2n) is 8.98. The van der Waals surface area contributed by atoms with Crippen molar-refractivity contribution in [2.24, 2.45) is 0 Å². The van der Waals surface area contributed by atoms with Gasteiger partial charge in [-0.2, -0.15) is 0 Å². The maximum atomic E-state index is 13.3. The normalized spacial score (nSPS) is 16.8. The number of aromatic amines is 1. The number of rotatable bonds is 8. The van der Waals surface area contributed by atoms with Crippen molar-refractivity contribution < 1.29 is 24.2 Å². The van der Waals surface area contributed by atoms with Gasteiger partial charge in [0.2, 0.25) is 0 Å². The monoisotopic (exact) mass is 530 g/mol. The van der Waals surface area contributed by atoms with E-state index < -0.39 is 17.7 Å². The van der Waals surface area contributed by atoms with Crippen LogP contribution in [0.5, 0.6) is 11.5 Å². The van der Waals surface area contributed by atoms with Crippen LogP contribution < -0.4 is 9.47 Å². The molecule has 4 aromatic rings. The van der Waals surface area contributed by atoms with Gasteiger partial charge >= 0.3 is 0 Å². The summed E-state index contributed by atoms with van der Waals surface area (Å²) in [6.07, 6.45) is 2.39. The number of carbonyl (C=O) groups is 2. The molecule has 1 aliphatic rings. The molecule has 1 amide bonds. The summed E-state index contributed by atoms with van der Waals surface area (Å²) in [5, 5.41) is 12.8. The minimum absolute atomic E-state index is 0.0436. The van der Waals surface area contributed by atoms with Gasteiger partial charge in [0, 0.05) is 34.2 Å². The number of H-pyrrole nitrogens is 1. The number of aliphatic hydroxyl groups is 1. The number of carbonyl (C=O) groups excluding carboxylic acids is 2. The number of fused-ring (bicyclic) bond motifs is 1. The van der Waals surface area contributed by atoms with E-state index in [1.807, 2.05) is 31.3 Å². The Morgan fingerprint density at radius 3 is 2.42 bits per heavy atom. The molecule has 1 aliphatic heterocycles. The van der Waals surface area contributed by atoms with Crippen molar-refractivity contribution in [2.75, 3.05) is 20.3 Å². The van der Waals surface area contributed by atoms with Crippen LogP contribution in [0.2, 0.25) is 5.02 Å². The number of amides is 1. The first-order valence-corrected chi connectivity index (χ1v) is 12.7. The SMILES string of the molecule is CCOc1ccc(C(O)=C2C(=O)C(=O)N(CCc3c[nH]c4ccc(OC)cc34)[C@@H]2c2ccc(Cl)cc2)cc1. The molecule has 7 nitrogen and oxygen atoms in total. The quantitative estimate of drug-likeness (QED) is 0.168. The Balaban J connectivity index is 1.53. The lowest BCUT2D eigenvalue weighted by Crippen LogP contribution is -2.31. The lowest BCUT2D eigenvalue weighted by atomic mass is 9.95. The summed E-state index contributed by atoms with van der Waals surface area (Å²) < 4.78 is 10.9. The Kier molecular flexibility index (Phi) is 7.11. The summed E-state index contributed by atoms with van der Waals surface area (Å²) in [5.41, 5.74) is 3.09. The third kappa shape index (κ3) is 4.73. The van der Waals surface area contributed by atoms with Crippen LogP contribution in [0, 0.1) is 0 Å². The van der Waals surface area contributed by atoms with Crippen LogP contribution in [0.3, 0.4) is 0 Å². The molecule has 8 heteroatoms. The predicted molar refractivity (Wildman–Crippen MR) is 147 cm³/mol. The van der Waals surface area contributed by atoms with E-state index in [1.54, 1.807) is 55.6 Å². The molecule has 0 unspecified atom stereocenters. The highest BCUT2D eigenvalue weighted by Crippen LogP contribution is 2.40. The molecule has 0 aliphatic carbocycles. The molecule has 1 aromatic heterocycles. The number of ether oxygens (including phenoxy) is 2. The lowest BCUT2D eigenvalue weighted by molar-refractivity contribution is -0.139. The van der Waals surface area contributed by atoms with Crippen LogP contribution in [-0.2, 0) is 16.0 Å². The zero-order valence-corrected chi connectivity index (χ0v) is 21.8. The van der Waals surface area contributed by atoms with Crippen molar-refractivity contribution in [3.05, 3.63) is 100 Å². The number of aromatic nitrogens is 1. The smallest absolute Gasteiger partial charge is 0.295 e. The molecule has 38 heavy (non-hydrogen) atoms. The fraction of sp³-hybridized carbons (Fsp3) is 0.200. The maximum Gasteiger partial charge on any atom is 0.295 e. The molecular weight excluding hydrogens is 504 g/mol. The van der Waals surface area contributed by atoms with Crippen molar-refractivity contribution in [1.29, 1.82) is 0 Å². The van der Waals surface area contributed by atoms with Gasteiger partial charge in [0.05, 0.1) is 25.3 Å². The molecule has 0 spiro atoms. The largest absolute Gasteiger partial charge is 0.507 e. The van der Waals surface area contributed by atoms with E-state index in [0.29, 0.717) is 34.9 Å². The Morgan fingerprint density at radius 1 is 1.03 bits per heavy atom. The average molecular weight is 531 g/mol. The highest BCUT2D eigenvalue weighted by molar-refractivity contribution is 6.46. The van der Waals surface area contributed by atoms with Crippen LogP contribution in [0.4, 0.5) is 0 Å². The van der Waals surface area contributed by atoms with Crippen LogP contribution in [0.1, 0.15) is 29.7 Å². The summed E-state index contributed by atoms with van der Waals surface area (Å²) in [4.78, 5) is 31.4. The number of nitrogens with zero attached hydrogens (tertiary/aromatic N) is 1. The van der Waals surface area contributed by atoms with Gasteiger partial charge < -0.3 is 24.5 Å². The highest BCUT2D eigenvalue weighted by atomic mass is 35.5. The summed E-state index contributed by atoms with van der Waals surface area (Å²) in [6, 6.07) is 18.7. The first-order valence-electron chi connectivity index (χ1n) is 12.3. The van der Waals surface area contributed by atoms with Crippen molar-refractivity contribution in [1.82, 2.24) is 9.88 Å². The standard InChI is InChI=1S/C30H27ClN2O5/c1-3-38-22-10-6-19(7-11-22)28(34)26-27(18-4-8-21(31)9-5-18)33(30(36)29(26)35)15-14-20-17-32-25-13-12-23(37-2)16-24(20)25/h4-13,16-17,27,32,34H,3,14-15H2,1-2H3/t27-/m1/s1. The van der Waals surface area contributed by atoms with Gasteiger partial charge in [0.25, 0.3) is 11.7 Å². The maximum absolute atomic E-state index is 13.3. The van der Waals surface area contributed by atoms with Gasteiger partial charge in [-0.15, -0.1) is 0 Å². The number of likely N-dealkylation sites (tertiary alicyclic amines) is 1. The number of ketones is 1. The highest BCUT2D eigenvalue weighted by Gasteiger charge is 2.45. The van der Waals surface area contributed by atoms with E-state index in [1.165, 1.54) is 4.90 Å². The molecular formula is C30H27ClN2O5. The Morgan fingerprint density at radius 2 is 1.74 bits per heavy atom. The topological polar surface area (TPSA) is 91.9 Å². The molecule has 2 heterocycles. The summed E-state index contributed by atoms with van der Waals surface area (Å²) in [7, 11) is 1.61. The van der Waals surface area contributed by atoms with E-state index in [0.717, 1.165) is 22.2 Å². The fourth-order valence-electron chi connectivity index (χ4n) is 4.87. The molecule has 0 bridgehead atoms. The minimum Gasteiger partial charge on any atom is -0.507 e. The first-order chi connectivity index (χ1) is 18.4. The molecule has 1 saturated heterocycles. The fourth-order valence-corrected chi connectivity index (χ4v) is 4.99. The number of hydrogen-bond acceptors (Lipinski definition) is 5. The Hall–Kier alpha value is -4.23. The molecule has 0 saturated carbocycles. The summed E-state index contributed by atoms with van der Waals surface area (Å²) in [5.74, 6) is -0.234. The zero-order chi connectivity index (χ0) is 26.8. The lowest BCUT2D eigenvalue weighted by Gasteiger charge is -2.25. The second-order valence-corrected chi connectivity index (χ2v) is 9.41. The molecule has 194 valence electrons. The van der Waals surface area contributed by atoms with Crippen molar-refractivity contribution in [3.63, 3.8) is 0 Å². The first kappa shape index (κ1) is 25.4. The van der Waals surface area contributed by atoms with E-state index in [4.69, 9.17) is 21.1 Å². The number of methoxy groups -OCH3 is 1. The van der Waals surface area contributed by atoms with Gasteiger partial charge in [0.15, 0.2) is 0 Å². The number of aliphatic hydroxyl groups excluding tert-OH is 1. The van der Waals surface area contributed by atoms with E-state index in [9.17, 15) is 14.7 Å². The van der Waals surface area contributed by atoms with Crippen molar-refractivity contribution in [2.45, 2.75) is 19.4 Å². The third-order valence-corrected chi connectivity index (χ3v) is 7.01. The van der Waals surface area contributed by atoms with Crippen LogP contribution in [-0.4, -0.2) is 46.9 Å². The number of nitrogens with one attached hydrogen (secondary N) is 1. The molecule has 2 N–H and O–H groups in total. The third-order valence-electron chi connectivity index (χ3n) is 6.76. The van der Waals surface area contributed by atoms with Gasteiger partial charge in [0.1, 0.15) is 17.3 Å². The molecule has 1 fully saturated rings. The molecule has 3 aromatic carbocycles. The van der Waals surface area contributed by atoms with Gasteiger partial charge in [-0.25, -0.2) is 0 Å². The van der Waals surface area contributed by atoms with Crippen molar-refractivity contribution in [3.8, 4) is 11.5 Å².